The lowest BCUT2D eigenvalue weighted by Crippen LogP contribution is -2.13. The van der Waals surface area contributed by atoms with Gasteiger partial charge in [0.05, 0.1) is 27.2 Å². The van der Waals surface area contributed by atoms with Crippen LogP contribution in [-0.2, 0) is 19.7 Å². The van der Waals surface area contributed by atoms with Crippen molar-refractivity contribution in [3.63, 3.8) is 0 Å². The lowest BCUT2D eigenvalue weighted by Gasteiger charge is -2.16. The van der Waals surface area contributed by atoms with Gasteiger partial charge in [-0.3, -0.25) is 0 Å². The molecule has 0 amide bonds. The summed E-state index contributed by atoms with van der Waals surface area (Å²) in [5.41, 5.74) is 3.03. The first-order chi connectivity index (χ1) is 15.4. The Morgan fingerprint density at radius 3 is 2.16 bits per heavy atom. The zero-order valence-electron chi connectivity index (χ0n) is 17.3. The van der Waals surface area contributed by atoms with Gasteiger partial charge in [0.15, 0.2) is 11.5 Å². The third-order valence-corrected chi connectivity index (χ3v) is 5.62. The van der Waals surface area contributed by atoms with E-state index in [4.69, 9.17) is 49.4 Å². The van der Waals surface area contributed by atoms with Gasteiger partial charge in [0, 0.05) is 13.1 Å². The molecule has 3 aromatic carbocycles. The van der Waals surface area contributed by atoms with Gasteiger partial charge in [0.1, 0.15) is 6.61 Å². The molecular weight excluding hydrogens is 473 g/mol. The predicted octanol–water partition coefficient (Wildman–Crippen LogP) is 6.61. The van der Waals surface area contributed by atoms with E-state index in [1.807, 2.05) is 25.1 Å². The summed E-state index contributed by atoms with van der Waals surface area (Å²) in [6.45, 7) is 3.75. The molecule has 0 aliphatic rings. The highest BCUT2D eigenvalue weighted by Gasteiger charge is 2.13. The van der Waals surface area contributed by atoms with Crippen LogP contribution in [0, 0.1) is 0 Å². The summed E-state index contributed by atoms with van der Waals surface area (Å²) in [7, 11) is 0. The quantitative estimate of drug-likeness (QED) is 0.332. The van der Waals surface area contributed by atoms with E-state index in [0.29, 0.717) is 46.3 Å². The van der Waals surface area contributed by atoms with Crippen LogP contribution in [0.5, 0.6) is 11.5 Å². The smallest absolute Gasteiger partial charge is 0.335 e. The Kier molecular flexibility index (Phi) is 8.65. The fraction of sp³-hybridized carbons (Fsp3) is 0.208. The molecule has 2 N–H and O–H groups in total. The van der Waals surface area contributed by atoms with Crippen molar-refractivity contribution in [2.75, 3.05) is 6.61 Å². The molecule has 0 unspecified atom stereocenters. The second-order valence-electron chi connectivity index (χ2n) is 6.98. The number of benzene rings is 3. The summed E-state index contributed by atoms with van der Waals surface area (Å²) < 4.78 is 11.7. The number of aromatic carboxylic acids is 1. The maximum absolute atomic E-state index is 10.9. The molecule has 0 heterocycles. The van der Waals surface area contributed by atoms with E-state index in [2.05, 4.69) is 5.32 Å². The summed E-state index contributed by atoms with van der Waals surface area (Å²) >= 11 is 18.5. The van der Waals surface area contributed by atoms with E-state index in [-0.39, 0.29) is 12.2 Å². The van der Waals surface area contributed by atoms with E-state index in [0.717, 1.165) is 16.7 Å². The third-order valence-electron chi connectivity index (χ3n) is 4.60. The van der Waals surface area contributed by atoms with Crippen LogP contribution < -0.4 is 14.8 Å². The predicted molar refractivity (Wildman–Crippen MR) is 127 cm³/mol. The summed E-state index contributed by atoms with van der Waals surface area (Å²) in [5, 5.41) is 13.7. The van der Waals surface area contributed by atoms with E-state index in [9.17, 15) is 4.79 Å². The van der Waals surface area contributed by atoms with Gasteiger partial charge in [-0.15, -0.1) is 0 Å². The molecule has 3 rings (SSSR count). The van der Waals surface area contributed by atoms with Crippen LogP contribution in [-0.4, -0.2) is 17.7 Å². The highest BCUT2D eigenvalue weighted by Crippen LogP contribution is 2.37. The summed E-state index contributed by atoms with van der Waals surface area (Å²) in [5.74, 6) is 0.0827. The van der Waals surface area contributed by atoms with Crippen LogP contribution in [0.2, 0.25) is 15.1 Å². The maximum Gasteiger partial charge on any atom is 0.335 e. The Hall–Kier alpha value is -2.44. The van der Waals surface area contributed by atoms with Gasteiger partial charge >= 0.3 is 5.97 Å². The largest absolute Gasteiger partial charge is 0.490 e. The average Bonchev–Trinajstić information content (AvgIpc) is 2.76. The molecule has 0 radical (unpaired) electrons. The number of hydrogen-bond acceptors (Lipinski definition) is 4. The normalized spacial score (nSPS) is 10.8. The average molecular weight is 495 g/mol. The van der Waals surface area contributed by atoms with Crippen LogP contribution >= 0.6 is 34.8 Å². The second-order valence-corrected chi connectivity index (χ2v) is 8.20. The zero-order chi connectivity index (χ0) is 23.1. The van der Waals surface area contributed by atoms with Crippen molar-refractivity contribution in [1.82, 2.24) is 5.32 Å². The van der Waals surface area contributed by atoms with E-state index < -0.39 is 5.97 Å². The molecule has 0 saturated carbocycles. The monoisotopic (exact) mass is 493 g/mol. The molecule has 0 saturated heterocycles. The van der Waals surface area contributed by atoms with Crippen LogP contribution in [0.25, 0.3) is 0 Å². The third kappa shape index (κ3) is 6.53. The number of carboxylic acids is 1. The zero-order valence-corrected chi connectivity index (χ0v) is 19.6. The van der Waals surface area contributed by atoms with Crippen molar-refractivity contribution >= 4 is 40.8 Å². The molecule has 8 heteroatoms. The molecule has 0 fully saturated rings. The van der Waals surface area contributed by atoms with Gasteiger partial charge in [0.25, 0.3) is 0 Å². The minimum atomic E-state index is -0.941. The Morgan fingerprint density at radius 1 is 0.844 bits per heavy atom. The van der Waals surface area contributed by atoms with Crippen molar-refractivity contribution in [3.8, 4) is 11.5 Å². The Bertz CT molecular complexity index is 1090. The number of rotatable bonds is 10. The Labute approximate surface area is 201 Å². The minimum Gasteiger partial charge on any atom is -0.490 e. The van der Waals surface area contributed by atoms with E-state index in [1.54, 1.807) is 36.4 Å². The molecule has 0 atom stereocenters. The van der Waals surface area contributed by atoms with Gasteiger partial charge in [-0.05, 0) is 60.0 Å². The molecular formula is C24H22Cl3NO4. The molecule has 0 bridgehead atoms. The molecule has 0 aromatic heterocycles. The summed E-state index contributed by atoms with van der Waals surface area (Å²) in [6, 6.07) is 15.8. The topological polar surface area (TPSA) is 67.8 Å². The lowest BCUT2D eigenvalue weighted by atomic mass is 10.1. The van der Waals surface area contributed by atoms with Gasteiger partial charge in [-0.2, -0.15) is 0 Å². The standard InChI is InChI=1S/C24H22Cl3NO4/c1-2-31-22-11-17(13-28-12-15-3-6-18(7-4-15)24(29)30)10-21(27)23(22)32-14-16-5-8-19(25)20(26)9-16/h3-11,28H,2,12-14H2,1H3,(H,29,30). The maximum atomic E-state index is 10.9. The van der Waals surface area contributed by atoms with Crippen molar-refractivity contribution in [2.24, 2.45) is 0 Å². The highest BCUT2D eigenvalue weighted by molar-refractivity contribution is 6.42. The van der Waals surface area contributed by atoms with E-state index in [1.165, 1.54) is 0 Å². The minimum absolute atomic E-state index is 0.262. The van der Waals surface area contributed by atoms with E-state index >= 15 is 0 Å². The number of nitrogens with one attached hydrogen (secondary N) is 1. The molecule has 32 heavy (non-hydrogen) atoms. The molecule has 0 spiro atoms. The first-order valence-electron chi connectivity index (χ1n) is 9.92. The fourth-order valence-corrected chi connectivity index (χ4v) is 3.64. The van der Waals surface area contributed by atoms with Crippen molar-refractivity contribution in [1.29, 1.82) is 0 Å². The van der Waals surface area contributed by atoms with Crippen molar-refractivity contribution in [2.45, 2.75) is 26.6 Å². The summed E-state index contributed by atoms with van der Waals surface area (Å²) in [6.07, 6.45) is 0. The van der Waals surface area contributed by atoms with Gasteiger partial charge in [0.2, 0.25) is 0 Å². The number of carbonyl (C=O) groups is 1. The number of ether oxygens (including phenoxy) is 2. The fourth-order valence-electron chi connectivity index (χ4n) is 3.03. The molecule has 5 nitrogen and oxygen atoms in total. The number of carboxylic acid groups (broad SMARTS) is 1. The second kappa shape index (κ2) is 11.4. The Balaban J connectivity index is 1.66. The van der Waals surface area contributed by atoms with Crippen molar-refractivity contribution in [3.05, 3.63) is 91.9 Å². The first kappa shape index (κ1) is 24.2. The van der Waals surface area contributed by atoms with Crippen LogP contribution in [0.1, 0.15) is 34.0 Å². The van der Waals surface area contributed by atoms with Crippen molar-refractivity contribution < 1.29 is 19.4 Å². The SMILES string of the molecule is CCOc1cc(CNCc2ccc(C(=O)O)cc2)cc(Cl)c1OCc1ccc(Cl)c(Cl)c1. The van der Waals surface area contributed by atoms with Gasteiger partial charge in [-0.1, -0.05) is 53.0 Å². The van der Waals surface area contributed by atoms with Crippen LogP contribution in [0.15, 0.2) is 54.6 Å². The van der Waals surface area contributed by atoms with Crippen LogP contribution in [0.4, 0.5) is 0 Å². The number of hydrogen-bond donors (Lipinski definition) is 2. The number of halogens is 3. The van der Waals surface area contributed by atoms with Gasteiger partial charge < -0.3 is 19.9 Å². The lowest BCUT2D eigenvalue weighted by molar-refractivity contribution is 0.0697. The molecule has 168 valence electrons. The molecule has 3 aromatic rings. The Morgan fingerprint density at radius 2 is 1.50 bits per heavy atom. The highest BCUT2D eigenvalue weighted by atomic mass is 35.5. The molecule has 0 aliphatic heterocycles. The first-order valence-corrected chi connectivity index (χ1v) is 11.1. The van der Waals surface area contributed by atoms with Gasteiger partial charge in [-0.25, -0.2) is 4.79 Å². The molecule has 0 aliphatic carbocycles. The summed E-state index contributed by atoms with van der Waals surface area (Å²) in [4.78, 5) is 10.9. The van der Waals surface area contributed by atoms with Crippen LogP contribution in [0.3, 0.4) is 0 Å².